The van der Waals surface area contributed by atoms with Crippen molar-refractivity contribution < 1.29 is 4.79 Å². The van der Waals surface area contributed by atoms with Crippen LogP contribution < -0.4 is 11.1 Å². The van der Waals surface area contributed by atoms with E-state index >= 15 is 0 Å². The van der Waals surface area contributed by atoms with Gasteiger partial charge in [-0.15, -0.1) is 0 Å². The van der Waals surface area contributed by atoms with Crippen LogP contribution in [-0.4, -0.2) is 12.1 Å². The molecule has 0 aliphatic heterocycles. The Morgan fingerprint density at radius 1 is 1.42 bits per heavy atom. The van der Waals surface area contributed by atoms with Crippen LogP contribution in [-0.2, 0) is 0 Å². The maximum Gasteiger partial charge on any atom is 0.312 e. The SMILES string of the molecule is CCC(C)CCC(C)NC(N)=O. The van der Waals surface area contributed by atoms with Crippen molar-refractivity contribution in [3.05, 3.63) is 0 Å². The number of nitrogens with two attached hydrogens (primary N) is 1. The van der Waals surface area contributed by atoms with E-state index in [0.717, 1.165) is 18.8 Å². The topological polar surface area (TPSA) is 55.1 Å². The normalized spacial score (nSPS) is 15.2. The Bertz CT molecular complexity index is 136. The molecular weight excluding hydrogens is 152 g/mol. The van der Waals surface area contributed by atoms with Crippen molar-refractivity contribution in [3.63, 3.8) is 0 Å². The summed E-state index contributed by atoms with van der Waals surface area (Å²) in [5.74, 6) is 0.738. The first-order valence-electron chi connectivity index (χ1n) is 4.62. The molecule has 3 heteroatoms. The highest BCUT2D eigenvalue weighted by molar-refractivity contribution is 5.71. The van der Waals surface area contributed by atoms with Gasteiger partial charge in [0.15, 0.2) is 0 Å². The van der Waals surface area contributed by atoms with E-state index in [2.05, 4.69) is 19.2 Å². The summed E-state index contributed by atoms with van der Waals surface area (Å²) in [5.41, 5.74) is 4.98. The Kier molecular flexibility index (Phi) is 5.51. The largest absolute Gasteiger partial charge is 0.352 e. The predicted octanol–water partition coefficient (Wildman–Crippen LogP) is 1.87. The third kappa shape index (κ3) is 6.01. The molecule has 0 saturated heterocycles. The molecule has 0 heterocycles. The highest BCUT2D eigenvalue weighted by Crippen LogP contribution is 2.10. The molecule has 0 fully saturated rings. The lowest BCUT2D eigenvalue weighted by Gasteiger charge is -2.14. The molecule has 0 aromatic rings. The Morgan fingerprint density at radius 3 is 2.42 bits per heavy atom. The molecule has 0 aromatic carbocycles. The van der Waals surface area contributed by atoms with Crippen LogP contribution in [0.5, 0.6) is 0 Å². The number of nitrogens with one attached hydrogen (secondary N) is 1. The van der Waals surface area contributed by atoms with Gasteiger partial charge in [0.25, 0.3) is 0 Å². The van der Waals surface area contributed by atoms with E-state index in [0.29, 0.717) is 0 Å². The van der Waals surface area contributed by atoms with Crippen molar-refractivity contribution in [2.75, 3.05) is 0 Å². The maximum atomic E-state index is 10.4. The van der Waals surface area contributed by atoms with Crippen LogP contribution in [0.25, 0.3) is 0 Å². The molecule has 0 bridgehead atoms. The first-order chi connectivity index (χ1) is 5.56. The Labute approximate surface area is 74.7 Å². The third-order valence-electron chi connectivity index (χ3n) is 2.18. The number of hydrogen-bond donors (Lipinski definition) is 2. The van der Waals surface area contributed by atoms with Gasteiger partial charge in [0.2, 0.25) is 0 Å². The van der Waals surface area contributed by atoms with Crippen molar-refractivity contribution in [2.24, 2.45) is 11.7 Å². The zero-order valence-corrected chi connectivity index (χ0v) is 8.26. The molecule has 0 spiro atoms. The zero-order chi connectivity index (χ0) is 9.56. The molecule has 12 heavy (non-hydrogen) atoms. The summed E-state index contributed by atoms with van der Waals surface area (Å²) in [6.45, 7) is 6.38. The van der Waals surface area contributed by atoms with Gasteiger partial charge in [-0.3, -0.25) is 0 Å². The minimum Gasteiger partial charge on any atom is -0.352 e. The second kappa shape index (κ2) is 5.86. The van der Waals surface area contributed by atoms with Crippen molar-refractivity contribution in [1.82, 2.24) is 5.32 Å². The zero-order valence-electron chi connectivity index (χ0n) is 8.26. The molecule has 2 atom stereocenters. The second-order valence-electron chi connectivity index (χ2n) is 3.50. The van der Waals surface area contributed by atoms with E-state index in [1.165, 1.54) is 6.42 Å². The van der Waals surface area contributed by atoms with E-state index in [9.17, 15) is 4.79 Å². The van der Waals surface area contributed by atoms with Crippen LogP contribution in [0.15, 0.2) is 0 Å². The number of primary amides is 1. The second-order valence-corrected chi connectivity index (χ2v) is 3.50. The molecule has 2 amide bonds. The Balaban J connectivity index is 3.43. The monoisotopic (exact) mass is 172 g/mol. The van der Waals surface area contributed by atoms with Gasteiger partial charge in [-0.1, -0.05) is 20.3 Å². The molecule has 3 nitrogen and oxygen atoms in total. The summed E-state index contributed by atoms with van der Waals surface area (Å²) in [6, 6.07) is -0.219. The Morgan fingerprint density at radius 2 is 2.00 bits per heavy atom. The fourth-order valence-electron chi connectivity index (χ4n) is 1.05. The summed E-state index contributed by atoms with van der Waals surface area (Å²) < 4.78 is 0. The van der Waals surface area contributed by atoms with E-state index < -0.39 is 6.03 Å². The molecule has 0 radical (unpaired) electrons. The molecule has 0 aliphatic rings. The standard InChI is InChI=1S/C9H20N2O/c1-4-7(2)5-6-8(3)11-9(10)12/h7-8H,4-6H2,1-3H3,(H3,10,11,12). The van der Waals surface area contributed by atoms with Crippen LogP contribution in [0.4, 0.5) is 4.79 Å². The van der Waals surface area contributed by atoms with Crippen LogP contribution in [0.2, 0.25) is 0 Å². The average molecular weight is 172 g/mol. The van der Waals surface area contributed by atoms with E-state index in [1.54, 1.807) is 0 Å². The van der Waals surface area contributed by atoms with Gasteiger partial charge in [0.05, 0.1) is 0 Å². The lowest BCUT2D eigenvalue weighted by Crippen LogP contribution is -2.36. The lowest BCUT2D eigenvalue weighted by atomic mass is 10.0. The van der Waals surface area contributed by atoms with Crippen molar-refractivity contribution in [2.45, 2.75) is 46.1 Å². The first-order valence-corrected chi connectivity index (χ1v) is 4.62. The Hall–Kier alpha value is -0.730. The maximum absolute atomic E-state index is 10.4. The number of carbonyl (C=O) groups is 1. The molecule has 0 aromatic heterocycles. The quantitative estimate of drug-likeness (QED) is 0.653. The van der Waals surface area contributed by atoms with Crippen molar-refractivity contribution in [1.29, 1.82) is 0 Å². The smallest absolute Gasteiger partial charge is 0.312 e. The fourth-order valence-corrected chi connectivity index (χ4v) is 1.05. The molecule has 72 valence electrons. The molecule has 0 rings (SSSR count). The number of urea groups is 1. The summed E-state index contributed by atoms with van der Waals surface area (Å²) in [7, 11) is 0. The average Bonchev–Trinajstić information content (AvgIpc) is 1.99. The number of rotatable bonds is 5. The molecular formula is C9H20N2O. The van der Waals surface area contributed by atoms with Crippen LogP contribution >= 0.6 is 0 Å². The lowest BCUT2D eigenvalue weighted by molar-refractivity contribution is 0.244. The van der Waals surface area contributed by atoms with Crippen LogP contribution in [0, 0.1) is 5.92 Å². The summed E-state index contributed by atoms with van der Waals surface area (Å²) in [6.07, 6.45) is 3.36. The molecule has 2 unspecified atom stereocenters. The van der Waals surface area contributed by atoms with Gasteiger partial charge >= 0.3 is 6.03 Å². The first kappa shape index (κ1) is 11.3. The molecule has 3 N–H and O–H groups in total. The third-order valence-corrected chi connectivity index (χ3v) is 2.18. The summed E-state index contributed by atoms with van der Waals surface area (Å²) >= 11 is 0. The summed E-state index contributed by atoms with van der Waals surface area (Å²) in [5, 5.41) is 2.66. The highest BCUT2D eigenvalue weighted by atomic mass is 16.2. The number of amides is 2. The van der Waals surface area contributed by atoms with E-state index in [4.69, 9.17) is 5.73 Å². The molecule has 0 saturated carbocycles. The highest BCUT2D eigenvalue weighted by Gasteiger charge is 2.05. The van der Waals surface area contributed by atoms with Gasteiger partial charge < -0.3 is 11.1 Å². The minimum absolute atomic E-state index is 0.205. The van der Waals surface area contributed by atoms with Crippen molar-refractivity contribution in [3.8, 4) is 0 Å². The molecule has 0 aliphatic carbocycles. The van der Waals surface area contributed by atoms with Gasteiger partial charge in [-0.25, -0.2) is 4.79 Å². The number of carbonyl (C=O) groups excluding carboxylic acids is 1. The minimum atomic E-state index is -0.424. The summed E-state index contributed by atoms with van der Waals surface area (Å²) in [4.78, 5) is 10.4. The van der Waals surface area contributed by atoms with Gasteiger partial charge in [0, 0.05) is 6.04 Å². The van der Waals surface area contributed by atoms with Crippen LogP contribution in [0.3, 0.4) is 0 Å². The van der Waals surface area contributed by atoms with Gasteiger partial charge in [0.1, 0.15) is 0 Å². The van der Waals surface area contributed by atoms with Crippen LogP contribution in [0.1, 0.15) is 40.0 Å². The predicted molar refractivity (Wildman–Crippen MR) is 50.9 cm³/mol. The van der Waals surface area contributed by atoms with E-state index in [1.807, 2.05) is 6.92 Å². The fraction of sp³-hybridized carbons (Fsp3) is 0.889. The van der Waals surface area contributed by atoms with Crippen molar-refractivity contribution >= 4 is 6.03 Å². The van der Waals surface area contributed by atoms with E-state index in [-0.39, 0.29) is 6.04 Å². The number of hydrogen-bond acceptors (Lipinski definition) is 1. The van der Waals surface area contributed by atoms with Gasteiger partial charge in [-0.05, 0) is 25.7 Å². The van der Waals surface area contributed by atoms with Gasteiger partial charge in [-0.2, -0.15) is 0 Å².